The van der Waals surface area contributed by atoms with Gasteiger partial charge in [0.2, 0.25) is 0 Å². The minimum absolute atomic E-state index is 0.718. The second kappa shape index (κ2) is 7.10. The number of nitrogen functional groups attached to an aromatic ring is 1. The molecule has 2 aromatic rings. The minimum Gasteiger partial charge on any atom is -0.398 e. The van der Waals surface area contributed by atoms with Crippen LogP contribution in [0.15, 0.2) is 24.4 Å². The highest BCUT2D eigenvalue weighted by Gasteiger charge is 2.04. The molecular formula is C16H23N3O. The van der Waals surface area contributed by atoms with Gasteiger partial charge in [-0.25, -0.2) is 0 Å². The summed E-state index contributed by atoms with van der Waals surface area (Å²) in [6.07, 6.45) is 4.13. The average Bonchev–Trinajstić information content (AvgIpc) is 2.45. The normalized spacial score (nSPS) is 10.9. The zero-order valence-electron chi connectivity index (χ0n) is 12.3. The van der Waals surface area contributed by atoms with Gasteiger partial charge in [-0.2, -0.15) is 0 Å². The van der Waals surface area contributed by atoms with Crippen LogP contribution in [-0.2, 0) is 4.74 Å². The fourth-order valence-electron chi connectivity index (χ4n) is 2.13. The van der Waals surface area contributed by atoms with Gasteiger partial charge in [0.15, 0.2) is 0 Å². The lowest BCUT2D eigenvalue weighted by molar-refractivity contribution is 0.141. The van der Waals surface area contributed by atoms with Gasteiger partial charge in [-0.15, -0.1) is 0 Å². The summed E-state index contributed by atoms with van der Waals surface area (Å²) < 4.78 is 5.56. The third-order valence-corrected chi connectivity index (χ3v) is 3.28. The van der Waals surface area contributed by atoms with E-state index in [2.05, 4.69) is 23.3 Å². The van der Waals surface area contributed by atoms with Crippen molar-refractivity contribution in [2.24, 2.45) is 0 Å². The second-order valence-electron chi connectivity index (χ2n) is 4.97. The zero-order chi connectivity index (χ0) is 14.4. The summed E-state index contributed by atoms with van der Waals surface area (Å²) in [4.78, 5) is 4.31. The number of nitrogens with one attached hydrogen (secondary N) is 1. The maximum atomic E-state index is 5.99. The molecule has 1 aromatic heterocycles. The van der Waals surface area contributed by atoms with E-state index in [-0.39, 0.29) is 0 Å². The van der Waals surface area contributed by atoms with Gasteiger partial charge in [-0.05, 0) is 31.5 Å². The highest BCUT2D eigenvalue weighted by atomic mass is 16.5. The van der Waals surface area contributed by atoms with Crippen LogP contribution in [0.5, 0.6) is 0 Å². The Bertz CT molecular complexity index is 569. The van der Waals surface area contributed by atoms with Gasteiger partial charge in [0.1, 0.15) is 0 Å². The molecule has 0 bridgehead atoms. The number of ether oxygens (including phenoxy) is 1. The molecule has 4 nitrogen and oxygen atoms in total. The topological polar surface area (TPSA) is 60.2 Å². The van der Waals surface area contributed by atoms with Crippen molar-refractivity contribution in [1.82, 2.24) is 4.98 Å². The predicted octanol–water partition coefficient (Wildman–Crippen LogP) is 3.35. The molecule has 20 heavy (non-hydrogen) atoms. The first-order valence-electron chi connectivity index (χ1n) is 7.19. The molecule has 0 atom stereocenters. The molecular weight excluding hydrogens is 250 g/mol. The maximum Gasteiger partial charge on any atom is 0.0639 e. The summed E-state index contributed by atoms with van der Waals surface area (Å²) >= 11 is 0. The van der Waals surface area contributed by atoms with Gasteiger partial charge in [-0.3, -0.25) is 4.98 Å². The minimum atomic E-state index is 0.718. The monoisotopic (exact) mass is 273 g/mol. The highest BCUT2D eigenvalue weighted by molar-refractivity contribution is 6.00. The maximum absolute atomic E-state index is 5.99. The Hall–Kier alpha value is -1.81. The number of hydrogen-bond acceptors (Lipinski definition) is 4. The van der Waals surface area contributed by atoms with E-state index in [4.69, 9.17) is 10.5 Å². The van der Waals surface area contributed by atoms with E-state index in [1.165, 1.54) is 6.42 Å². The molecule has 1 heterocycles. The smallest absolute Gasteiger partial charge is 0.0639 e. The third-order valence-electron chi connectivity index (χ3n) is 3.28. The number of aromatic nitrogens is 1. The number of benzene rings is 1. The Morgan fingerprint density at radius 1 is 1.25 bits per heavy atom. The van der Waals surface area contributed by atoms with Crippen molar-refractivity contribution in [1.29, 1.82) is 0 Å². The lowest BCUT2D eigenvalue weighted by Crippen LogP contribution is -2.10. The van der Waals surface area contributed by atoms with Crippen LogP contribution in [-0.4, -0.2) is 24.7 Å². The van der Waals surface area contributed by atoms with Gasteiger partial charge < -0.3 is 15.8 Å². The summed E-state index contributed by atoms with van der Waals surface area (Å²) in [6, 6.07) is 5.99. The molecule has 0 radical (unpaired) electrons. The molecule has 3 N–H and O–H groups in total. The van der Waals surface area contributed by atoms with E-state index in [0.29, 0.717) is 0 Å². The molecule has 0 fully saturated rings. The molecule has 0 amide bonds. The number of fused-ring (bicyclic) bond motifs is 1. The number of aryl methyl sites for hydroxylation is 1. The van der Waals surface area contributed by atoms with Crippen LogP contribution in [0.3, 0.4) is 0 Å². The average molecular weight is 273 g/mol. The summed E-state index contributed by atoms with van der Waals surface area (Å²) in [6.45, 7) is 6.50. The molecule has 2 rings (SSSR count). The molecule has 108 valence electrons. The third kappa shape index (κ3) is 3.61. The Balaban J connectivity index is 2.03. The number of anilines is 2. The van der Waals surface area contributed by atoms with Gasteiger partial charge in [-0.1, -0.05) is 13.3 Å². The van der Waals surface area contributed by atoms with E-state index in [0.717, 1.165) is 54.0 Å². The van der Waals surface area contributed by atoms with Crippen molar-refractivity contribution in [3.05, 3.63) is 30.1 Å². The van der Waals surface area contributed by atoms with Gasteiger partial charge in [0, 0.05) is 47.2 Å². The molecule has 4 heteroatoms. The van der Waals surface area contributed by atoms with Crippen LogP contribution in [0.1, 0.15) is 25.5 Å². The first-order chi connectivity index (χ1) is 9.72. The van der Waals surface area contributed by atoms with E-state index < -0.39 is 0 Å². The van der Waals surface area contributed by atoms with Gasteiger partial charge in [0.25, 0.3) is 0 Å². The Morgan fingerprint density at radius 2 is 2.10 bits per heavy atom. The predicted molar refractivity (Wildman–Crippen MR) is 85.1 cm³/mol. The van der Waals surface area contributed by atoms with E-state index in [9.17, 15) is 0 Å². The van der Waals surface area contributed by atoms with Crippen LogP contribution in [0.25, 0.3) is 10.8 Å². The molecule has 1 aromatic carbocycles. The fourth-order valence-corrected chi connectivity index (χ4v) is 2.13. The SMILES string of the molecule is CCCCOCCNc1ccc(N)c2cnc(C)cc12. The lowest BCUT2D eigenvalue weighted by Gasteiger charge is -2.12. The van der Waals surface area contributed by atoms with Crippen molar-refractivity contribution < 1.29 is 4.74 Å². The number of rotatable bonds is 7. The number of hydrogen-bond donors (Lipinski definition) is 2. The van der Waals surface area contributed by atoms with Crippen molar-refractivity contribution in [3.63, 3.8) is 0 Å². The first-order valence-corrected chi connectivity index (χ1v) is 7.19. The van der Waals surface area contributed by atoms with Crippen LogP contribution >= 0.6 is 0 Å². The van der Waals surface area contributed by atoms with Gasteiger partial charge in [0.05, 0.1) is 6.61 Å². The standard InChI is InChI=1S/C16H23N3O/c1-3-4-8-20-9-7-18-16-6-5-15(17)14-11-19-12(2)10-13(14)16/h5-6,10-11,18H,3-4,7-9,17H2,1-2H3. The van der Waals surface area contributed by atoms with Crippen molar-refractivity contribution in [2.45, 2.75) is 26.7 Å². The molecule has 0 spiro atoms. The summed E-state index contributed by atoms with van der Waals surface area (Å²) in [5, 5.41) is 5.52. The lowest BCUT2D eigenvalue weighted by atomic mass is 10.1. The molecule has 0 aliphatic carbocycles. The Kier molecular flexibility index (Phi) is 5.18. The molecule has 0 aliphatic heterocycles. The molecule has 0 unspecified atom stereocenters. The second-order valence-corrected chi connectivity index (χ2v) is 4.97. The first kappa shape index (κ1) is 14.6. The van der Waals surface area contributed by atoms with E-state index >= 15 is 0 Å². The molecule has 0 saturated heterocycles. The summed E-state index contributed by atoms with van der Waals surface area (Å²) in [5.41, 5.74) is 8.83. The van der Waals surface area contributed by atoms with Crippen LogP contribution in [0.4, 0.5) is 11.4 Å². The molecule has 0 aliphatic rings. The van der Waals surface area contributed by atoms with Crippen LogP contribution in [0, 0.1) is 6.92 Å². The number of pyridine rings is 1. The Labute approximate surface area is 120 Å². The zero-order valence-corrected chi connectivity index (χ0v) is 12.3. The number of nitrogens with zero attached hydrogens (tertiary/aromatic N) is 1. The van der Waals surface area contributed by atoms with Crippen molar-refractivity contribution in [3.8, 4) is 0 Å². The largest absolute Gasteiger partial charge is 0.398 e. The summed E-state index contributed by atoms with van der Waals surface area (Å²) in [7, 11) is 0. The van der Waals surface area contributed by atoms with E-state index in [1.54, 1.807) is 0 Å². The number of unbranched alkanes of at least 4 members (excludes halogenated alkanes) is 1. The highest BCUT2D eigenvalue weighted by Crippen LogP contribution is 2.28. The quantitative estimate of drug-likeness (QED) is 0.600. The van der Waals surface area contributed by atoms with Crippen LogP contribution in [0.2, 0.25) is 0 Å². The van der Waals surface area contributed by atoms with Crippen LogP contribution < -0.4 is 11.1 Å². The van der Waals surface area contributed by atoms with Crippen molar-refractivity contribution >= 4 is 22.1 Å². The molecule has 0 saturated carbocycles. The van der Waals surface area contributed by atoms with E-state index in [1.807, 2.05) is 25.3 Å². The van der Waals surface area contributed by atoms with Crippen molar-refractivity contribution in [2.75, 3.05) is 30.8 Å². The number of nitrogens with two attached hydrogens (primary N) is 1. The fraction of sp³-hybridized carbons (Fsp3) is 0.438. The van der Waals surface area contributed by atoms with Gasteiger partial charge >= 0.3 is 0 Å². The summed E-state index contributed by atoms with van der Waals surface area (Å²) in [5.74, 6) is 0. The Morgan fingerprint density at radius 3 is 2.90 bits per heavy atom.